The zero-order chi connectivity index (χ0) is 14.9. The van der Waals surface area contributed by atoms with E-state index in [1.807, 2.05) is 0 Å². The number of amides is 2. The molecule has 1 saturated heterocycles. The van der Waals surface area contributed by atoms with Crippen molar-refractivity contribution in [2.45, 2.75) is 13.0 Å². The molecule has 2 amide bonds. The van der Waals surface area contributed by atoms with E-state index >= 15 is 0 Å². The fourth-order valence-electron chi connectivity index (χ4n) is 1.63. The number of carbonyl (C=O) groups is 3. The molecule has 0 saturated carbocycles. The highest BCUT2D eigenvalue weighted by Gasteiger charge is 2.40. The molecule has 1 unspecified atom stereocenters. The largest absolute Gasteiger partial charge is 0.480 e. The summed E-state index contributed by atoms with van der Waals surface area (Å²) in [6.45, 7) is 1.30. The second kappa shape index (κ2) is 5.68. The summed E-state index contributed by atoms with van der Waals surface area (Å²) in [7, 11) is 0. The van der Waals surface area contributed by atoms with Crippen LogP contribution in [-0.2, 0) is 9.59 Å². The molecule has 1 aliphatic rings. The standard InChI is InChI=1S/C13H10ClNO4S/c1-7(12(17)18)15-11(16)10(20-13(15)19)6-8-2-4-9(14)5-3-8/h2-7H,1H3,(H,17,18)/b10-6+. The van der Waals surface area contributed by atoms with Crippen LogP contribution in [-0.4, -0.2) is 33.2 Å². The van der Waals surface area contributed by atoms with E-state index in [4.69, 9.17) is 16.7 Å². The summed E-state index contributed by atoms with van der Waals surface area (Å²) >= 11 is 6.49. The second-order valence-corrected chi connectivity index (χ2v) is 5.55. The molecule has 5 nitrogen and oxygen atoms in total. The van der Waals surface area contributed by atoms with Crippen molar-refractivity contribution in [1.82, 2.24) is 4.90 Å². The van der Waals surface area contributed by atoms with Gasteiger partial charge < -0.3 is 5.11 Å². The maximum Gasteiger partial charge on any atom is 0.326 e. The normalized spacial score (nSPS) is 18.7. The number of hydrogen-bond acceptors (Lipinski definition) is 4. The molecule has 1 aliphatic heterocycles. The molecule has 1 heterocycles. The van der Waals surface area contributed by atoms with Crippen LogP contribution in [0, 0.1) is 0 Å². The third-order valence-electron chi connectivity index (χ3n) is 2.74. The topological polar surface area (TPSA) is 74.7 Å². The van der Waals surface area contributed by atoms with Crippen molar-refractivity contribution < 1.29 is 19.5 Å². The highest BCUT2D eigenvalue weighted by Crippen LogP contribution is 2.33. The van der Waals surface area contributed by atoms with Crippen LogP contribution in [0.5, 0.6) is 0 Å². The van der Waals surface area contributed by atoms with Crippen LogP contribution in [0.3, 0.4) is 0 Å². The number of hydrogen-bond donors (Lipinski definition) is 1. The van der Waals surface area contributed by atoms with Gasteiger partial charge in [-0.1, -0.05) is 23.7 Å². The Labute approximate surface area is 124 Å². The number of aliphatic carboxylic acids is 1. The van der Waals surface area contributed by atoms with Crippen LogP contribution in [0.1, 0.15) is 12.5 Å². The van der Waals surface area contributed by atoms with Crippen molar-refractivity contribution in [3.05, 3.63) is 39.8 Å². The lowest BCUT2D eigenvalue weighted by Gasteiger charge is -2.16. The Bertz CT molecular complexity index is 611. The summed E-state index contributed by atoms with van der Waals surface area (Å²) in [5, 5.41) is 8.88. The van der Waals surface area contributed by atoms with Crippen molar-refractivity contribution in [1.29, 1.82) is 0 Å². The molecule has 2 rings (SSSR count). The first-order valence-corrected chi connectivity index (χ1v) is 6.85. The third kappa shape index (κ3) is 2.86. The summed E-state index contributed by atoms with van der Waals surface area (Å²) < 4.78 is 0. The third-order valence-corrected chi connectivity index (χ3v) is 3.87. The Kier molecular flexibility index (Phi) is 4.15. The van der Waals surface area contributed by atoms with Gasteiger partial charge in [0, 0.05) is 5.02 Å². The number of carbonyl (C=O) groups excluding carboxylic acids is 2. The molecular weight excluding hydrogens is 302 g/mol. The van der Waals surface area contributed by atoms with Gasteiger partial charge in [-0.05, 0) is 42.5 Å². The van der Waals surface area contributed by atoms with Crippen LogP contribution in [0.4, 0.5) is 4.79 Å². The predicted molar refractivity (Wildman–Crippen MR) is 76.4 cm³/mol. The average molecular weight is 312 g/mol. The molecule has 1 aromatic rings. The fraction of sp³-hybridized carbons (Fsp3) is 0.154. The molecule has 0 radical (unpaired) electrons. The SMILES string of the molecule is CC(C(=O)O)N1C(=O)S/C(=C/c2ccc(Cl)cc2)C1=O. The van der Waals surface area contributed by atoms with E-state index in [9.17, 15) is 14.4 Å². The highest BCUT2D eigenvalue weighted by molar-refractivity contribution is 8.18. The van der Waals surface area contributed by atoms with Crippen molar-refractivity contribution in [3.63, 3.8) is 0 Å². The van der Waals surface area contributed by atoms with Crippen molar-refractivity contribution in [2.24, 2.45) is 0 Å². The minimum Gasteiger partial charge on any atom is -0.480 e. The number of nitrogens with zero attached hydrogens (tertiary/aromatic N) is 1. The molecule has 1 N–H and O–H groups in total. The van der Waals surface area contributed by atoms with Crippen LogP contribution < -0.4 is 0 Å². The maximum atomic E-state index is 12.1. The number of halogens is 1. The molecule has 104 valence electrons. The number of carboxylic acids is 1. The molecule has 0 aromatic heterocycles. The summed E-state index contributed by atoms with van der Waals surface area (Å²) in [5.41, 5.74) is 0.711. The van der Waals surface area contributed by atoms with Crippen LogP contribution in [0.15, 0.2) is 29.2 Å². The zero-order valence-corrected chi connectivity index (χ0v) is 11.9. The lowest BCUT2D eigenvalue weighted by Crippen LogP contribution is -2.41. The molecule has 0 aliphatic carbocycles. The van der Waals surface area contributed by atoms with Gasteiger partial charge in [0.25, 0.3) is 11.1 Å². The fourth-order valence-corrected chi connectivity index (χ4v) is 2.67. The van der Waals surface area contributed by atoms with E-state index < -0.39 is 23.2 Å². The van der Waals surface area contributed by atoms with Gasteiger partial charge in [0.15, 0.2) is 0 Å². The van der Waals surface area contributed by atoms with Gasteiger partial charge in [-0.2, -0.15) is 0 Å². The summed E-state index contributed by atoms with van der Waals surface area (Å²) in [6.07, 6.45) is 1.54. The van der Waals surface area contributed by atoms with Gasteiger partial charge in [0.1, 0.15) is 6.04 Å². The van der Waals surface area contributed by atoms with Crippen LogP contribution in [0.25, 0.3) is 6.08 Å². The highest BCUT2D eigenvalue weighted by atomic mass is 35.5. The molecule has 0 bridgehead atoms. The van der Waals surface area contributed by atoms with Crippen LogP contribution in [0.2, 0.25) is 5.02 Å². The van der Waals surface area contributed by atoms with E-state index in [1.54, 1.807) is 24.3 Å². The minimum atomic E-state index is -1.22. The zero-order valence-electron chi connectivity index (χ0n) is 10.4. The van der Waals surface area contributed by atoms with Crippen LogP contribution >= 0.6 is 23.4 Å². The van der Waals surface area contributed by atoms with E-state index in [1.165, 1.54) is 13.0 Å². The Morgan fingerprint density at radius 1 is 1.35 bits per heavy atom. The predicted octanol–water partition coefficient (Wildman–Crippen LogP) is 2.85. The number of benzene rings is 1. The van der Waals surface area contributed by atoms with E-state index in [2.05, 4.69) is 0 Å². The number of thioether (sulfide) groups is 1. The first-order chi connectivity index (χ1) is 9.40. The monoisotopic (exact) mass is 311 g/mol. The molecule has 1 atom stereocenters. The van der Waals surface area contributed by atoms with E-state index in [0.717, 1.165) is 16.7 Å². The Morgan fingerprint density at radius 2 is 1.95 bits per heavy atom. The van der Waals surface area contributed by atoms with Gasteiger partial charge in [-0.25, -0.2) is 4.79 Å². The molecule has 20 heavy (non-hydrogen) atoms. The van der Waals surface area contributed by atoms with Gasteiger partial charge >= 0.3 is 5.97 Å². The molecule has 1 fully saturated rings. The first-order valence-electron chi connectivity index (χ1n) is 5.65. The Hall–Kier alpha value is -1.79. The number of rotatable bonds is 3. The van der Waals surface area contributed by atoms with Gasteiger partial charge in [-0.15, -0.1) is 0 Å². The lowest BCUT2D eigenvalue weighted by atomic mass is 10.2. The van der Waals surface area contributed by atoms with Gasteiger partial charge in [-0.3, -0.25) is 14.5 Å². The van der Waals surface area contributed by atoms with Gasteiger partial charge in [0.2, 0.25) is 0 Å². The quantitative estimate of drug-likeness (QED) is 0.869. The van der Waals surface area contributed by atoms with E-state index in [-0.39, 0.29) is 4.91 Å². The number of carboxylic acid groups (broad SMARTS) is 1. The Morgan fingerprint density at radius 3 is 2.50 bits per heavy atom. The smallest absolute Gasteiger partial charge is 0.326 e. The summed E-state index contributed by atoms with van der Waals surface area (Å²) in [4.78, 5) is 35.6. The molecule has 0 spiro atoms. The number of imide groups is 1. The van der Waals surface area contributed by atoms with Crippen molar-refractivity contribution >= 4 is 46.6 Å². The molecule has 7 heteroatoms. The molecular formula is C13H10ClNO4S. The van der Waals surface area contributed by atoms with E-state index in [0.29, 0.717) is 10.6 Å². The Balaban J connectivity index is 2.28. The lowest BCUT2D eigenvalue weighted by molar-refractivity contribution is -0.145. The van der Waals surface area contributed by atoms with Gasteiger partial charge in [0.05, 0.1) is 4.91 Å². The second-order valence-electron chi connectivity index (χ2n) is 4.12. The van der Waals surface area contributed by atoms with Crippen molar-refractivity contribution in [2.75, 3.05) is 0 Å². The minimum absolute atomic E-state index is 0.199. The molecule has 1 aromatic carbocycles. The van der Waals surface area contributed by atoms with Crippen molar-refractivity contribution in [3.8, 4) is 0 Å². The summed E-state index contributed by atoms with van der Waals surface area (Å²) in [5.74, 6) is -1.81. The first kappa shape index (κ1) is 14.6. The summed E-state index contributed by atoms with van der Waals surface area (Å²) in [6, 6.07) is 5.56. The average Bonchev–Trinajstić information content (AvgIpc) is 2.66. The maximum absolute atomic E-state index is 12.1.